The zero-order valence-electron chi connectivity index (χ0n) is 7.15. The van der Waals surface area contributed by atoms with Gasteiger partial charge in [-0.05, 0) is 13.8 Å². The molecule has 0 aliphatic rings. The van der Waals surface area contributed by atoms with Crippen molar-refractivity contribution in [3.8, 4) is 0 Å². The minimum absolute atomic E-state index is 0.463. The minimum Gasteiger partial charge on any atom is -0.0591 e. The van der Waals surface area contributed by atoms with Crippen molar-refractivity contribution in [2.24, 2.45) is 0 Å². The summed E-state index contributed by atoms with van der Waals surface area (Å²) < 4.78 is 14.8. The molecule has 0 saturated carbocycles. The van der Waals surface area contributed by atoms with Crippen LogP contribution in [0.5, 0.6) is 0 Å². The zero-order chi connectivity index (χ0) is 7.72. The first-order valence-electron chi connectivity index (χ1n) is 3.65. The standard InChI is InChI=1S/C8H10/c1-7-3-5-8(2)6-4-7/h3-6H,1-2H3/i3D,4D. The van der Waals surface area contributed by atoms with Crippen molar-refractivity contribution in [1.82, 2.24) is 0 Å². The molecule has 0 radical (unpaired) electrons. The zero-order valence-corrected chi connectivity index (χ0v) is 5.15. The summed E-state index contributed by atoms with van der Waals surface area (Å²) in [6.45, 7) is 3.69. The minimum atomic E-state index is 0.463. The Hall–Kier alpha value is -0.780. The Morgan fingerprint density at radius 1 is 1.12 bits per heavy atom. The third kappa shape index (κ3) is 1.09. The van der Waals surface area contributed by atoms with E-state index in [2.05, 4.69) is 0 Å². The predicted octanol–water partition coefficient (Wildman–Crippen LogP) is 2.30. The van der Waals surface area contributed by atoms with Crippen LogP contribution in [0.15, 0.2) is 24.2 Å². The molecule has 0 N–H and O–H groups in total. The van der Waals surface area contributed by atoms with Gasteiger partial charge < -0.3 is 0 Å². The van der Waals surface area contributed by atoms with Crippen molar-refractivity contribution in [3.05, 3.63) is 35.3 Å². The molecule has 8 heavy (non-hydrogen) atoms. The molecule has 0 aromatic heterocycles. The summed E-state index contributed by atoms with van der Waals surface area (Å²) in [5.41, 5.74) is 1.74. The summed E-state index contributed by atoms with van der Waals surface area (Å²) in [5, 5.41) is 0. The maximum Gasteiger partial charge on any atom is 0.0626 e. The van der Waals surface area contributed by atoms with Gasteiger partial charge in [0.1, 0.15) is 0 Å². The van der Waals surface area contributed by atoms with Crippen LogP contribution in [0.25, 0.3) is 0 Å². The van der Waals surface area contributed by atoms with Crippen LogP contribution < -0.4 is 0 Å². The second kappa shape index (κ2) is 1.99. The first kappa shape index (κ1) is 3.29. The van der Waals surface area contributed by atoms with Crippen molar-refractivity contribution in [1.29, 1.82) is 0 Å². The maximum atomic E-state index is 7.38. The van der Waals surface area contributed by atoms with Crippen LogP contribution in [0.3, 0.4) is 0 Å². The molecule has 0 aliphatic carbocycles. The van der Waals surface area contributed by atoms with Gasteiger partial charge in [0.05, 0.1) is 2.74 Å². The van der Waals surface area contributed by atoms with E-state index in [9.17, 15) is 0 Å². The van der Waals surface area contributed by atoms with Crippen molar-refractivity contribution < 1.29 is 2.74 Å². The van der Waals surface area contributed by atoms with E-state index in [1.165, 1.54) is 0 Å². The molecular weight excluding hydrogens is 96.1 g/mol. The molecule has 0 aliphatic heterocycles. The highest BCUT2D eigenvalue weighted by Gasteiger charge is 1.79. The molecule has 0 heterocycles. The van der Waals surface area contributed by atoms with Crippen molar-refractivity contribution in [2.45, 2.75) is 13.8 Å². The van der Waals surface area contributed by atoms with Gasteiger partial charge in [-0.3, -0.25) is 0 Å². The van der Waals surface area contributed by atoms with E-state index in [0.29, 0.717) is 12.1 Å². The van der Waals surface area contributed by atoms with Gasteiger partial charge in [-0.15, -0.1) is 0 Å². The second-order valence-corrected chi connectivity index (χ2v) is 1.95. The molecule has 0 spiro atoms. The first-order valence-corrected chi connectivity index (χ1v) is 2.65. The molecule has 0 heteroatoms. The van der Waals surface area contributed by atoms with Crippen LogP contribution in [-0.4, -0.2) is 0 Å². The number of rotatable bonds is 0. The van der Waals surface area contributed by atoms with Crippen LogP contribution in [0.4, 0.5) is 0 Å². The molecule has 0 fully saturated rings. The number of hydrogen-bond donors (Lipinski definition) is 0. The van der Waals surface area contributed by atoms with E-state index >= 15 is 0 Å². The second-order valence-electron chi connectivity index (χ2n) is 1.95. The highest BCUT2D eigenvalue weighted by Crippen LogP contribution is 1.99. The largest absolute Gasteiger partial charge is 0.0626 e. The van der Waals surface area contributed by atoms with Gasteiger partial charge in [0.2, 0.25) is 0 Å². The predicted molar refractivity (Wildman–Crippen MR) is 35.9 cm³/mol. The molecule has 1 aromatic carbocycles. The van der Waals surface area contributed by atoms with E-state index < -0.39 is 0 Å². The molecular formula is C8H10. The summed E-state index contributed by atoms with van der Waals surface area (Å²) in [4.78, 5) is 0. The van der Waals surface area contributed by atoms with E-state index in [0.717, 1.165) is 11.1 Å². The Morgan fingerprint density at radius 2 is 1.62 bits per heavy atom. The van der Waals surface area contributed by atoms with Gasteiger partial charge in [-0.1, -0.05) is 35.3 Å². The smallest absolute Gasteiger partial charge is 0.0591 e. The maximum absolute atomic E-state index is 7.38. The van der Waals surface area contributed by atoms with Gasteiger partial charge in [0.25, 0.3) is 0 Å². The quantitative estimate of drug-likeness (QED) is 0.478. The van der Waals surface area contributed by atoms with Gasteiger partial charge in [-0.25, -0.2) is 0 Å². The highest BCUT2D eigenvalue weighted by atomic mass is 13.9. The van der Waals surface area contributed by atoms with E-state index in [1.807, 2.05) is 6.92 Å². The van der Waals surface area contributed by atoms with Crippen LogP contribution >= 0.6 is 0 Å². The van der Waals surface area contributed by atoms with E-state index in [1.54, 1.807) is 19.1 Å². The fourth-order valence-electron chi connectivity index (χ4n) is 0.528. The monoisotopic (exact) mass is 108 g/mol. The summed E-state index contributed by atoms with van der Waals surface area (Å²) in [6.07, 6.45) is 0. The number of aryl methyl sites for hydroxylation is 1. The summed E-state index contributed by atoms with van der Waals surface area (Å²) >= 11 is 0. The normalized spacial score (nSPS) is 12.8. The van der Waals surface area contributed by atoms with Crippen LogP contribution in [0.2, 0.25) is 0 Å². The third-order valence-corrected chi connectivity index (χ3v) is 1.03. The van der Waals surface area contributed by atoms with E-state index in [-0.39, 0.29) is 0 Å². The molecule has 1 rings (SSSR count). The average Bonchev–Trinajstić information content (AvgIpc) is 1.82. The Kier molecular flexibility index (Phi) is 0.819. The van der Waals surface area contributed by atoms with Crippen LogP contribution in [-0.2, 0) is 0 Å². The van der Waals surface area contributed by atoms with Crippen LogP contribution in [0, 0.1) is 13.8 Å². The molecule has 1 aromatic rings. The Bertz CT molecular complexity index is 230. The average molecular weight is 108 g/mol. The topological polar surface area (TPSA) is 0 Å². The lowest BCUT2D eigenvalue weighted by Gasteiger charge is -1.90. The fourth-order valence-corrected chi connectivity index (χ4v) is 0.528. The lowest BCUT2D eigenvalue weighted by atomic mass is 10.2. The summed E-state index contributed by atoms with van der Waals surface area (Å²) in [7, 11) is 0. The van der Waals surface area contributed by atoms with Gasteiger partial charge in [-0.2, -0.15) is 0 Å². The Morgan fingerprint density at radius 3 is 2.12 bits per heavy atom. The third-order valence-electron chi connectivity index (χ3n) is 1.03. The van der Waals surface area contributed by atoms with Crippen molar-refractivity contribution in [2.75, 3.05) is 0 Å². The molecule has 0 nitrogen and oxygen atoms in total. The van der Waals surface area contributed by atoms with Crippen LogP contribution in [0.1, 0.15) is 13.9 Å². The van der Waals surface area contributed by atoms with E-state index in [4.69, 9.17) is 2.74 Å². The van der Waals surface area contributed by atoms with Crippen molar-refractivity contribution in [3.63, 3.8) is 0 Å². The van der Waals surface area contributed by atoms with Gasteiger partial charge >= 0.3 is 0 Å². The lowest BCUT2D eigenvalue weighted by Crippen LogP contribution is -1.70. The fraction of sp³-hybridized carbons (Fsp3) is 0.250. The molecule has 0 unspecified atom stereocenters. The lowest BCUT2D eigenvalue weighted by molar-refractivity contribution is 1.40. The summed E-state index contributed by atoms with van der Waals surface area (Å²) in [5.74, 6) is 0. The van der Waals surface area contributed by atoms with Crippen molar-refractivity contribution >= 4 is 0 Å². The molecule has 42 valence electrons. The molecule has 0 saturated heterocycles. The summed E-state index contributed by atoms with van der Waals surface area (Å²) in [6, 6.07) is 4.47. The highest BCUT2D eigenvalue weighted by molar-refractivity contribution is 5.19. The first-order chi connectivity index (χ1) is 4.61. The molecule has 0 atom stereocenters. The Balaban J connectivity index is 3.31. The number of benzene rings is 1. The number of hydrogen-bond acceptors (Lipinski definition) is 0. The Labute approximate surface area is 53.0 Å². The van der Waals surface area contributed by atoms with Gasteiger partial charge in [0, 0.05) is 0 Å². The SMILES string of the molecule is [2H]c1cc(C)cc([2H])c1C. The molecule has 0 amide bonds. The molecule has 0 bridgehead atoms. The van der Waals surface area contributed by atoms with Gasteiger partial charge in [0.15, 0.2) is 0 Å².